The van der Waals surface area contributed by atoms with Crippen LogP contribution in [0.4, 0.5) is 0 Å². The fraction of sp³-hybridized carbons (Fsp3) is 0.294. The quantitative estimate of drug-likeness (QED) is 0.877. The van der Waals surface area contributed by atoms with Gasteiger partial charge in [-0.2, -0.15) is 0 Å². The second-order valence-corrected chi connectivity index (χ2v) is 6.20. The highest BCUT2D eigenvalue weighted by molar-refractivity contribution is 9.10. The molecule has 0 radical (unpaired) electrons. The molecule has 4 heteroatoms. The van der Waals surface area contributed by atoms with Crippen molar-refractivity contribution in [1.29, 1.82) is 0 Å². The number of ether oxygens (including phenoxy) is 2. The van der Waals surface area contributed by atoms with E-state index in [1.54, 1.807) is 7.11 Å². The first-order valence-corrected chi connectivity index (χ1v) is 7.66. The second kappa shape index (κ2) is 5.70. The lowest BCUT2D eigenvalue weighted by molar-refractivity contribution is 0.0644. The fourth-order valence-corrected chi connectivity index (χ4v) is 3.09. The summed E-state index contributed by atoms with van der Waals surface area (Å²) in [6.07, 6.45) is -0.228. The van der Waals surface area contributed by atoms with Crippen LogP contribution in [0, 0.1) is 6.92 Å². The number of benzene rings is 2. The summed E-state index contributed by atoms with van der Waals surface area (Å²) in [7, 11) is 1.64. The van der Waals surface area contributed by atoms with Crippen LogP contribution < -0.4 is 9.47 Å². The predicted molar refractivity (Wildman–Crippen MR) is 84.8 cm³/mol. The third-order valence-corrected chi connectivity index (χ3v) is 4.26. The van der Waals surface area contributed by atoms with E-state index in [1.807, 2.05) is 43.3 Å². The lowest BCUT2D eigenvalue weighted by Crippen LogP contribution is -2.19. The number of hydrogen-bond donors (Lipinski definition) is 1. The van der Waals surface area contributed by atoms with Gasteiger partial charge in [-0.05, 0) is 37.3 Å². The normalized spacial score (nSPS) is 20.6. The van der Waals surface area contributed by atoms with Gasteiger partial charge in [0.2, 0.25) is 0 Å². The summed E-state index contributed by atoms with van der Waals surface area (Å²) < 4.78 is 12.5. The van der Waals surface area contributed by atoms with Crippen molar-refractivity contribution < 1.29 is 14.6 Å². The van der Waals surface area contributed by atoms with Crippen LogP contribution in [0.5, 0.6) is 11.5 Å². The van der Waals surface area contributed by atoms with Gasteiger partial charge in [-0.25, -0.2) is 0 Å². The topological polar surface area (TPSA) is 38.7 Å². The van der Waals surface area contributed by atoms with Crippen LogP contribution in [-0.2, 0) is 0 Å². The molecule has 2 atom stereocenters. The maximum Gasteiger partial charge on any atom is 0.130 e. The molecule has 2 aromatic rings. The monoisotopic (exact) mass is 348 g/mol. The highest BCUT2D eigenvalue weighted by atomic mass is 79.9. The first kappa shape index (κ1) is 14.4. The van der Waals surface area contributed by atoms with Crippen molar-refractivity contribution in [2.75, 3.05) is 7.11 Å². The van der Waals surface area contributed by atoms with E-state index in [2.05, 4.69) is 15.9 Å². The first-order valence-electron chi connectivity index (χ1n) is 6.87. The minimum atomic E-state index is -0.526. The van der Waals surface area contributed by atoms with E-state index in [0.717, 1.165) is 32.7 Å². The Labute approximate surface area is 132 Å². The van der Waals surface area contributed by atoms with Gasteiger partial charge in [-0.15, -0.1) is 0 Å². The SMILES string of the molecule is COc1ccc(Br)cc1C1CC(O)c2cc(C)ccc2O1. The Balaban J connectivity index is 1.99. The van der Waals surface area contributed by atoms with Gasteiger partial charge in [0.15, 0.2) is 0 Å². The largest absolute Gasteiger partial charge is 0.496 e. The molecule has 2 aromatic carbocycles. The number of methoxy groups -OCH3 is 1. The Morgan fingerprint density at radius 1 is 1.19 bits per heavy atom. The molecule has 0 bridgehead atoms. The maximum atomic E-state index is 10.4. The third kappa shape index (κ3) is 2.78. The zero-order valence-corrected chi connectivity index (χ0v) is 13.6. The Morgan fingerprint density at radius 2 is 2.00 bits per heavy atom. The molecule has 1 aliphatic rings. The van der Waals surface area contributed by atoms with Crippen LogP contribution in [0.1, 0.15) is 35.3 Å². The number of aryl methyl sites for hydroxylation is 1. The van der Waals surface area contributed by atoms with Gasteiger partial charge in [0.1, 0.15) is 17.6 Å². The summed E-state index contributed by atoms with van der Waals surface area (Å²) in [5.41, 5.74) is 2.92. The summed E-state index contributed by atoms with van der Waals surface area (Å²) >= 11 is 3.47. The zero-order chi connectivity index (χ0) is 15.0. The lowest BCUT2D eigenvalue weighted by Gasteiger charge is -2.31. The molecular formula is C17H17BrO3. The minimum absolute atomic E-state index is 0.220. The standard InChI is InChI=1S/C17H17BrO3/c1-10-3-5-16-12(7-10)14(19)9-17(21-16)13-8-11(18)4-6-15(13)20-2/h3-8,14,17,19H,9H2,1-2H3. The van der Waals surface area contributed by atoms with Gasteiger partial charge in [-0.3, -0.25) is 0 Å². The smallest absolute Gasteiger partial charge is 0.130 e. The molecule has 1 N–H and O–H groups in total. The molecule has 0 amide bonds. The van der Waals surface area contributed by atoms with Crippen molar-refractivity contribution >= 4 is 15.9 Å². The average Bonchev–Trinajstić information content (AvgIpc) is 2.47. The van der Waals surface area contributed by atoms with Crippen molar-refractivity contribution in [3.8, 4) is 11.5 Å². The number of fused-ring (bicyclic) bond motifs is 1. The third-order valence-electron chi connectivity index (χ3n) is 3.77. The van der Waals surface area contributed by atoms with E-state index >= 15 is 0 Å². The summed E-state index contributed by atoms with van der Waals surface area (Å²) in [6, 6.07) is 11.7. The van der Waals surface area contributed by atoms with E-state index in [0.29, 0.717) is 6.42 Å². The Morgan fingerprint density at radius 3 is 2.76 bits per heavy atom. The minimum Gasteiger partial charge on any atom is -0.496 e. The molecule has 21 heavy (non-hydrogen) atoms. The van der Waals surface area contributed by atoms with Gasteiger partial charge >= 0.3 is 0 Å². The number of aliphatic hydroxyl groups is 1. The Bertz CT molecular complexity index is 669. The molecule has 0 saturated carbocycles. The van der Waals surface area contributed by atoms with Crippen molar-refractivity contribution in [1.82, 2.24) is 0 Å². The fourth-order valence-electron chi connectivity index (χ4n) is 2.71. The highest BCUT2D eigenvalue weighted by Gasteiger charge is 2.30. The van der Waals surface area contributed by atoms with E-state index < -0.39 is 6.10 Å². The molecule has 3 nitrogen and oxygen atoms in total. The van der Waals surface area contributed by atoms with Crippen LogP contribution in [0.3, 0.4) is 0 Å². The molecule has 0 saturated heterocycles. The maximum absolute atomic E-state index is 10.4. The van der Waals surface area contributed by atoms with Gasteiger partial charge in [0, 0.05) is 22.0 Å². The van der Waals surface area contributed by atoms with Crippen molar-refractivity contribution in [2.24, 2.45) is 0 Å². The van der Waals surface area contributed by atoms with E-state index in [-0.39, 0.29) is 6.10 Å². The molecule has 3 rings (SSSR count). The predicted octanol–water partition coefficient (Wildman–Crippen LogP) is 4.32. The van der Waals surface area contributed by atoms with Gasteiger partial charge < -0.3 is 14.6 Å². The molecule has 0 aromatic heterocycles. The van der Waals surface area contributed by atoms with Gasteiger partial charge in [-0.1, -0.05) is 27.6 Å². The molecule has 110 valence electrons. The van der Waals surface area contributed by atoms with E-state index in [1.165, 1.54) is 0 Å². The highest BCUT2D eigenvalue weighted by Crippen LogP contribution is 2.43. The van der Waals surface area contributed by atoms with Crippen LogP contribution in [0.2, 0.25) is 0 Å². The van der Waals surface area contributed by atoms with Gasteiger partial charge in [0.25, 0.3) is 0 Å². The molecule has 0 aliphatic carbocycles. The average molecular weight is 349 g/mol. The Kier molecular flexibility index (Phi) is 3.91. The molecule has 2 unspecified atom stereocenters. The summed E-state index contributed by atoms with van der Waals surface area (Å²) in [6.45, 7) is 2.01. The van der Waals surface area contributed by atoms with Gasteiger partial charge in [0.05, 0.1) is 13.2 Å². The lowest BCUT2D eigenvalue weighted by atomic mass is 9.93. The van der Waals surface area contributed by atoms with Crippen LogP contribution in [0.15, 0.2) is 40.9 Å². The molecule has 0 spiro atoms. The van der Waals surface area contributed by atoms with E-state index in [9.17, 15) is 5.11 Å². The van der Waals surface area contributed by atoms with Crippen LogP contribution in [0.25, 0.3) is 0 Å². The zero-order valence-electron chi connectivity index (χ0n) is 12.0. The molecule has 1 aliphatic heterocycles. The number of hydrogen-bond acceptors (Lipinski definition) is 3. The molecule has 0 fully saturated rings. The number of halogens is 1. The number of aliphatic hydroxyl groups excluding tert-OH is 1. The molecule has 1 heterocycles. The first-order chi connectivity index (χ1) is 10.1. The number of rotatable bonds is 2. The van der Waals surface area contributed by atoms with Crippen molar-refractivity contribution in [3.05, 3.63) is 57.6 Å². The van der Waals surface area contributed by atoms with Crippen molar-refractivity contribution in [2.45, 2.75) is 25.6 Å². The van der Waals surface area contributed by atoms with Crippen LogP contribution in [-0.4, -0.2) is 12.2 Å². The van der Waals surface area contributed by atoms with Crippen molar-refractivity contribution in [3.63, 3.8) is 0 Å². The van der Waals surface area contributed by atoms with Crippen LogP contribution >= 0.6 is 15.9 Å². The second-order valence-electron chi connectivity index (χ2n) is 5.29. The summed E-state index contributed by atoms with van der Waals surface area (Å²) in [5.74, 6) is 1.51. The Hall–Kier alpha value is -1.52. The molecular weight excluding hydrogens is 332 g/mol. The summed E-state index contributed by atoms with van der Waals surface area (Å²) in [5, 5.41) is 10.4. The summed E-state index contributed by atoms with van der Waals surface area (Å²) in [4.78, 5) is 0. The van der Waals surface area contributed by atoms with E-state index in [4.69, 9.17) is 9.47 Å².